The molecule has 2 aliphatic carbocycles. The van der Waals surface area contributed by atoms with Crippen LogP contribution in [0.5, 0.6) is 5.75 Å². The number of rotatable bonds is 6. The Balaban J connectivity index is 1.47. The average Bonchev–Trinajstić information content (AvgIpc) is 3.27. The fourth-order valence-electron chi connectivity index (χ4n) is 8.33. The fraction of sp³-hybridized carbons (Fsp3) is 0.513. The van der Waals surface area contributed by atoms with Gasteiger partial charge in [0.05, 0.1) is 31.3 Å². The molecular weight excluding hydrogens is 718 g/mol. The second-order valence-corrected chi connectivity index (χ2v) is 17.0. The van der Waals surface area contributed by atoms with Crippen molar-refractivity contribution < 1.29 is 32.7 Å². The first-order valence-electron chi connectivity index (χ1n) is 18.0. The van der Waals surface area contributed by atoms with E-state index < -0.39 is 33.8 Å². The molecule has 6 rings (SSSR count). The SMILES string of the molecule is CN=C/C(C(=O)NS1(=O)=NC(=O)c2ccc3c(c2)N(C[C@@H]2CC[C@H]2[C@@H](OC)[C@H](OC)/C=C\[C@H](C)C1)C[C@@]1(CCCc2cc(Cl)ccc21)CO3)=C(\N)OC. The van der Waals surface area contributed by atoms with Crippen LogP contribution < -0.4 is 20.1 Å². The highest BCUT2D eigenvalue weighted by Crippen LogP contribution is 2.47. The molecule has 2 aliphatic heterocycles. The number of nitrogens with zero attached hydrogens (tertiary/aromatic N) is 3. The Hall–Kier alpha value is -3.91. The number of ether oxygens (including phenoxy) is 4. The van der Waals surface area contributed by atoms with Crippen LogP contribution in [0.1, 0.15) is 54.1 Å². The van der Waals surface area contributed by atoms with Gasteiger partial charge in [-0.25, -0.2) is 4.21 Å². The summed E-state index contributed by atoms with van der Waals surface area (Å²) in [4.78, 5) is 33.8. The molecule has 4 aliphatic rings. The predicted octanol–water partition coefficient (Wildman–Crippen LogP) is 5.23. The van der Waals surface area contributed by atoms with Gasteiger partial charge in [-0.15, -0.1) is 4.36 Å². The first-order chi connectivity index (χ1) is 25.4. The van der Waals surface area contributed by atoms with Gasteiger partial charge in [-0.3, -0.25) is 19.3 Å². The molecule has 2 aromatic rings. The van der Waals surface area contributed by atoms with Gasteiger partial charge in [-0.2, -0.15) is 0 Å². The Morgan fingerprint density at radius 2 is 1.98 bits per heavy atom. The molecule has 2 amide bonds. The average molecular weight is 768 g/mol. The van der Waals surface area contributed by atoms with E-state index in [9.17, 15) is 13.8 Å². The molecule has 286 valence electrons. The second kappa shape index (κ2) is 16.2. The smallest absolute Gasteiger partial charge is 0.286 e. The van der Waals surface area contributed by atoms with Crippen LogP contribution in [0.3, 0.4) is 0 Å². The second-order valence-electron chi connectivity index (χ2n) is 14.6. The molecular formula is C39H50ClN5O7S. The molecule has 14 heteroatoms. The fourth-order valence-corrected chi connectivity index (χ4v) is 10.3. The third kappa shape index (κ3) is 8.13. The Kier molecular flexibility index (Phi) is 11.9. The van der Waals surface area contributed by atoms with Gasteiger partial charge in [0.15, 0.2) is 5.88 Å². The minimum Gasteiger partial charge on any atom is -0.490 e. The maximum absolute atomic E-state index is 14.6. The van der Waals surface area contributed by atoms with Crippen molar-refractivity contribution in [1.82, 2.24) is 4.72 Å². The van der Waals surface area contributed by atoms with Gasteiger partial charge in [0.25, 0.3) is 11.8 Å². The maximum Gasteiger partial charge on any atom is 0.286 e. The molecule has 3 N–H and O–H groups in total. The van der Waals surface area contributed by atoms with Gasteiger partial charge >= 0.3 is 0 Å². The summed E-state index contributed by atoms with van der Waals surface area (Å²) in [7, 11) is 2.40. The zero-order valence-corrected chi connectivity index (χ0v) is 32.6. The molecule has 2 heterocycles. The summed E-state index contributed by atoms with van der Waals surface area (Å²) in [5.41, 5.74) is 8.94. The van der Waals surface area contributed by atoms with E-state index >= 15 is 0 Å². The number of nitrogens with one attached hydrogen (secondary N) is 1. The van der Waals surface area contributed by atoms with Gasteiger partial charge in [0, 0.05) is 56.6 Å². The van der Waals surface area contributed by atoms with Crippen molar-refractivity contribution in [3.05, 3.63) is 81.7 Å². The Bertz CT molecular complexity index is 1940. The summed E-state index contributed by atoms with van der Waals surface area (Å²) in [6.07, 6.45) is 9.25. The number of carbonyl (C=O) groups is 2. The summed E-state index contributed by atoms with van der Waals surface area (Å²) in [6, 6.07) is 11.4. The molecule has 1 fully saturated rings. The first-order valence-corrected chi connectivity index (χ1v) is 20.1. The van der Waals surface area contributed by atoms with Gasteiger partial charge in [-0.05, 0) is 91.3 Å². The largest absolute Gasteiger partial charge is 0.490 e. The van der Waals surface area contributed by atoms with E-state index in [-0.39, 0.29) is 40.2 Å². The van der Waals surface area contributed by atoms with Crippen molar-refractivity contribution in [2.75, 3.05) is 58.7 Å². The zero-order valence-electron chi connectivity index (χ0n) is 31.0. The lowest BCUT2D eigenvalue weighted by molar-refractivity contribution is -0.115. The maximum atomic E-state index is 14.6. The quantitative estimate of drug-likeness (QED) is 0.174. The van der Waals surface area contributed by atoms with Gasteiger partial charge < -0.3 is 29.6 Å². The number of aliphatic imine (C=N–C) groups is 1. The number of benzene rings is 2. The minimum absolute atomic E-state index is 0.147. The van der Waals surface area contributed by atoms with Crippen LogP contribution in [-0.4, -0.2) is 88.3 Å². The lowest BCUT2D eigenvalue weighted by atomic mass is 9.67. The standard InChI is InChI=1S/C39H50ClN5O7S/c1-24-8-14-34(49-3)35(50-4)29-12-9-27(29)20-45-22-39(16-6-7-25-17-28(40)11-13-31(25)39)23-52-33-15-10-26(18-32(33)45)37(46)43-53(48,21-24)44-38(47)30(19-42-2)36(41)51-5/h8,10-11,13-15,17-19,24,27,29,34-35H,6-7,9,12,16,20-23,41H2,1-5H3,(H,43,44,46,47,48)/b14-8-,36-30-,42-19?/t24-,27-,29+,34+,35+,39-,53?/m0/s1. The van der Waals surface area contributed by atoms with Crippen LogP contribution in [0, 0.1) is 17.8 Å². The molecule has 12 nitrogen and oxygen atoms in total. The van der Waals surface area contributed by atoms with E-state index in [0.29, 0.717) is 31.4 Å². The molecule has 1 saturated carbocycles. The highest BCUT2D eigenvalue weighted by molar-refractivity contribution is 7.92. The summed E-state index contributed by atoms with van der Waals surface area (Å²) in [5.74, 6) is -1.21. The number of methoxy groups -OCH3 is 3. The van der Waals surface area contributed by atoms with E-state index in [2.05, 4.69) is 31.1 Å². The highest BCUT2D eigenvalue weighted by atomic mass is 35.5. The van der Waals surface area contributed by atoms with E-state index in [1.165, 1.54) is 31.5 Å². The number of carbonyl (C=O) groups excluding carboxylic acids is 2. The van der Waals surface area contributed by atoms with Gasteiger partial charge in [0.1, 0.15) is 27.3 Å². The van der Waals surface area contributed by atoms with E-state index in [0.717, 1.165) is 42.8 Å². The van der Waals surface area contributed by atoms with Crippen molar-refractivity contribution >= 4 is 45.2 Å². The van der Waals surface area contributed by atoms with Crippen LogP contribution in [0.4, 0.5) is 5.69 Å². The zero-order chi connectivity index (χ0) is 37.9. The summed E-state index contributed by atoms with van der Waals surface area (Å²) in [6.45, 7) is 3.67. The number of amides is 2. The van der Waals surface area contributed by atoms with Gasteiger partial charge in [-0.1, -0.05) is 36.7 Å². The number of fused-ring (bicyclic) bond motifs is 4. The molecule has 1 unspecified atom stereocenters. The number of hydrogen-bond donors (Lipinski definition) is 2. The molecule has 1 spiro atoms. The minimum atomic E-state index is -3.73. The van der Waals surface area contributed by atoms with E-state index in [1.807, 2.05) is 25.1 Å². The van der Waals surface area contributed by atoms with Crippen LogP contribution in [0.25, 0.3) is 0 Å². The number of allylic oxidation sites excluding steroid dienone is 1. The summed E-state index contributed by atoms with van der Waals surface area (Å²) in [5, 5.41) is 0.718. The normalized spacial score (nSPS) is 31.2. The molecule has 2 aromatic carbocycles. The van der Waals surface area contributed by atoms with Crippen LogP contribution in [0.15, 0.2) is 69.4 Å². The molecule has 2 bridgehead atoms. The lowest BCUT2D eigenvalue weighted by Gasteiger charge is -2.47. The Morgan fingerprint density at radius 1 is 1.17 bits per heavy atom. The summed E-state index contributed by atoms with van der Waals surface area (Å²) >= 11 is 6.46. The summed E-state index contributed by atoms with van der Waals surface area (Å²) < 4.78 is 45.2. The number of hydrogen-bond acceptors (Lipinski definition) is 10. The molecule has 53 heavy (non-hydrogen) atoms. The number of nitrogens with two attached hydrogens (primary N) is 1. The molecule has 0 saturated heterocycles. The third-order valence-corrected chi connectivity index (χ3v) is 13.3. The van der Waals surface area contributed by atoms with Crippen LogP contribution in [-0.2, 0) is 40.8 Å². The Morgan fingerprint density at radius 3 is 2.68 bits per heavy atom. The first kappa shape index (κ1) is 38.8. The third-order valence-electron chi connectivity index (χ3n) is 11.1. The topological polar surface area (TPSA) is 154 Å². The van der Waals surface area contributed by atoms with Crippen LogP contribution in [0.2, 0.25) is 5.02 Å². The van der Waals surface area contributed by atoms with Crippen molar-refractivity contribution in [1.29, 1.82) is 0 Å². The van der Waals surface area contributed by atoms with Gasteiger partial charge in [0.2, 0.25) is 0 Å². The van der Waals surface area contributed by atoms with Crippen molar-refractivity contribution in [2.45, 2.75) is 56.7 Å². The highest BCUT2D eigenvalue weighted by Gasteiger charge is 2.45. The van der Waals surface area contributed by atoms with Crippen molar-refractivity contribution in [3.8, 4) is 5.75 Å². The van der Waals surface area contributed by atoms with E-state index in [1.54, 1.807) is 32.4 Å². The molecule has 0 radical (unpaired) electrons. The molecule has 0 aromatic heterocycles. The Labute approximate surface area is 317 Å². The van der Waals surface area contributed by atoms with Crippen molar-refractivity contribution in [3.63, 3.8) is 0 Å². The predicted molar refractivity (Wildman–Crippen MR) is 207 cm³/mol. The van der Waals surface area contributed by atoms with Crippen LogP contribution >= 0.6 is 11.6 Å². The monoisotopic (exact) mass is 767 g/mol. The van der Waals surface area contributed by atoms with Crippen molar-refractivity contribution in [2.24, 2.45) is 32.8 Å². The number of anilines is 1. The lowest BCUT2D eigenvalue weighted by Crippen LogP contribution is -2.51. The number of aryl methyl sites for hydroxylation is 1. The number of halogens is 1. The van der Waals surface area contributed by atoms with E-state index in [4.69, 9.17) is 36.3 Å². The molecule has 7 atom stereocenters.